The summed E-state index contributed by atoms with van der Waals surface area (Å²) in [5.41, 5.74) is 2.05. The van der Waals surface area contributed by atoms with Gasteiger partial charge in [0.1, 0.15) is 5.82 Å². The van der Waals surface area contributed by atoms with Crippen molar-refractivity contribution in [3.05, 3.63) is 71.9 Å². The first-order valence-corrected chi connectivity index (χ1v) is 11.1. The molecule has 0 saturated carbocycles. The third-order valence-electron chi connectivity index (χ3n) is 6.26. The number of carbonyl (C=O) groups excluding carboxylic acids is 1. The lowest BCUT2D eigenvalue weighted by Gasteiger charge is -2.36. The molecular weight excluding hydrogens is 388 g/mol. The molecule has 2 aliphatic heterocycles. The molecule has 0 unspecified atom stereocenters. The number of amides is 1. The standard InChI is InChI=1S/C25H28N4O2/c30-25(23-9-4-10-26-24(23)28-15-17-31-18-16-28)29-13-11-27(12-14-29)19-21-7-3-6-20-5-1-2-8-22(20)21/h1-10H,11-19H2. The molecule has 160 valence electrons. The number of pyridine rings is 1. The van der Waals surface area contributed by atoms with Gasteiger partial charge in [0, 0.05) is 52.0 Å². The molecule has 1 aromatic heterocycles. The van der Waals surface area contributed by atoms with Crippen molar-refractivity contribution >= 4 is 22.5 Å². The molecule has 2 aromatic carbocycles. The fourth-order valence-corrected chi connectivity index (χ4v) is 4.54. The highest BCUT2D eigenvalue weighted by Crippen LogP contribution is 2.23. The third kappa shape index (κ3) is 4.27. The van der Waals surface area contributed by atoms with Crippen LogP contribution in [0.2, 0.25) is 0 Å². The summed E-state index contributed by atoms with van der Waals surface area (Å²) < 4.78 is 5.45. The maximum atomic E-state index is 13.3. The van der Waals surface area contributed by atoms with Crippen molar-refractivity contribution in [1.82, 2.24) is 14.8 Å². The van der Waals surface area contributed by atoms with Crippen LogP contribution in [0.1, 0.15) is 15.9 Å². The SMILES string of the molecule is O=C(c1cccnc1N1CCOCC1)N1CCN(Cc2cccc3ccccc23)CC1. The molecule has 0 radical (unpaired) electrons. The summed E-state index contributed by atoms with van der Waals surface area (Å²) in [6, 6.07) is 18.8. The lowest BCUT2D eigenvalue weighted by atomic mass is 10.0. The normalized spacial score (nSPS) is 17.8. The van der Waals surface area contributed by atoms with E-state index in [1.807, 2.05) is 17.0 Å². The van der Waals surface area contributed by atoms with Gasteiger partial charge in [-0.25, -0.2) is 4.98 Å². The Morgan fingerprint density at radius 3 is 2.48 bits per heavy atom. The predicted molar refractivity (Wildman–Crippen MR) is 122 cm³/mol. The van der Waals surface area contributed by atoms with E-state index in [2.05, 4.69) is 57.2 Å². The lowest BCUT2D eigenvalue weighted by molar-refractivity contribution is 0.0628. The molecule has 6 heteroatoms. The Morgan fingerprint density at radius 2 is 1.65 bits per heavy atom. The number of ether oxygens (including phenoxy) is 1. The molecule has 2 aliphatic rings. The molecule has 0 spiro atoms. The zero-order chi connectivity index (χ0) is 21.0. The van der Waals surface area contributed by atoms with Crippen LogP contribution in [0.25, 0.3) is 10.8 Å². The van der Waals surface area contributed by atoms with Crippen molar-refractivity contribution in [2.24, 2.45) is 0 Å². The first-order chi connectivity index (χ1) is 15.3. The van der Waals surface area contributed by atoms with Crippen LogP contribution in [0.4, 0.5) is 5.82 Å². The number of benzene rings is 2. The fourth-order valence-electron chi connectivity index (χ4n) is 4.54. The second kappa shape index (κ2) is 9.04. The predicted octanol–water partition coefficient (Wildman–Crippen LogP) is 3.03. The zero-order valence-electron chi connectivity index (χ0n) is 17.7. The second-order valence-electron chi connectivity index (χ2n) is 8.18. The van der Waals surface area contributed by atoms with Crippen molar-refractivity contribution < 1.29 is 9.53 Å². The first kappa shape index (κ1) is 20.0. The van der Waals surface area contributed by atoms with Crippen molar-refractivity contribution in [2.45, 2.75) is 6.54 Å². The second-order valence-corrected chi connectivity index (χ2v) is 8.18. The molecule has 3 aromatic rings. The maximum absolute atomic E-state index is 13.3. The van der Waals surface area contributed by atoms with E-state index in [-0.39, 0.29) is 5.91 Å². The minimum atomic E-state index is 0.0828. The summed E-state index contributed by atoms with van der Waals surface area (Å²) in [6.07, 6.45) is 1.77. The topological polar surface area (TPSA) is 48.9 Å². The number of hydrogen-bond acceptors (Lipinski definition) is 5. The largest absolute Gasteiger partial charge is 0.378 e. The average Bonchev–Trinajstić information content (AvgIpc) is 2.85. The Morgan fingerprint density at radius 1 is 0.871 bits per heavy atom. The third-order valence-corrected chi connectivity index (χ3v) is 6.26. The number of nitrogens with zero attached hydrogens (tertiary/aromatic N) is 4. The molecule has 0 bridgehead atoms. The minimum absolute atomic E-state index is 0.0828. The Balaban J connectivity index is 1.25. The van der Waals surface area contributed by atoms with Gasteiger partial charge in [0.25, 0.3) is 5.91 Å². The van der Waals surface area contributed by atoms with E-state index in [0.717, 1.165) is 51.6 Å². The summed E-state index contributed by atoms with van der Waals surface area (Å²) >= 11 is 0. The first-order valence-electron chi connectivity index (χ1n) is 11.1. The molecule has 0 N–H and O–H groups in total. The molecule has 3 heterocycles. The van der Waals surface area contributed by atoms with Gasteiger partial charge in [-0.15, -0.1) is 0 Å². The summed E-state index contributed by atoms with van der Waals surface area (Å²) in [6.45, 7) is 7.04. The molecule has 2 fully saturated rings. The summed E-state index contributed by atoms with van der Waals surface area (Å²) in [4.78, 5) is 24.4. The molecular formula is C25H28N4O2. The Hall–Kier alpha value is -2.96. The summed E-state index contributed by atoms with van der Waals surface area (Å²) in [5.74, 6) is 0.869. The van der Waals surface area contributed by atoms with E-state index in [0.29, 0.717) is 18.8 Å². The highest BCUT2D eigenvalue weighted by Gasteiger charge is 2.26. The smallest absolute Gasteiger partial charge is 0.257 e. The van der Waals surface area contributed by atoms with Crippen LogP contribution in [-0.4, -0.2) is 73.2 Å². The maximum Gasteiger partial charge on any atom is 0.257 e. The van der Waals surface area contributed by atoms with E-state index < -0.39 is 0 Å². The van der Waals surface area contributed by atoms with E-state index in [4.69, 9.17) is 4.74 Å². The Bertz CT molecular complexity index is 1050. The number of piperazine rings is 1. The molecule has 0 atom stereocenters. The van der Waals surface area contributed by atoms with Crippen molar-refractivity contribution in [2.75, 3.05) is 57.4 Å². The van der Waals surface area contributed by atoms with E-state index in [9.17, 15) is 4.79 Å². The van der Waals surface area contributed by atoms with Crippen LogP contribution in [-0.2, 0) is 11.3 Å². The van der Waals surface area contributed by atoms with Gasteiger partial charge >= 0.3 is 0 Å². The van der Waals surface area contributed by atoms with Crippen molar-refractivity contribution in [1.29, 1.82) is 0 Å². The Labute approximate surface area is 183 Å². The van der Waals surface area contributed by atoms with Gasteiger partial charge in [0.15, 0.2) is 0 Å². The molecule has 5 rings (SSSR count). The lowest BCUT2D eigenvalue weighted by Crippen LogP contribution is -2.48. The molecule has 0 aliphatic carbocycles. The quantitative estimate of drug-likeness (QED) is 0.654. The monoisotopic (exact) mass is 416 g/mol. The zero-order valence-corrected chi connectivity index (χ0v) is 17.7. The number of anilines is 1. The number of hydrogen-bond donors (Lipinski definition) is 0. The minimum Gasteiger partial charge on any atom is -0.378 e. The Kier molecular flexibility index (Phi) is 5.82. The summed E-state index contributed by atoms with van der Waals surface area (Å²) in [5, 5.41) is 2.59. The number of rotatable bonds is 4. The van der Waals surface area contributed by atoms with Gasteiger partial charge in [-0.1, -0.05) is 42.5 Å². The number of carbonyl (C=O) groups is 1. The van der Waals surface area contributed by atoms with Crippen LogP contribution in [0.5, 0.6) is 0 Å². The van der Waals surface area contributed by atoms with E-state index in [1.54, 1.807) is 6.20 Å². The van der Waals surface area contributed by atoms with E-state index >= 15 is 0 Å². The van der Waals surface area contributed by atoms with Gasteiger partial charge in [0.05, 0.1) is 18.8 Å². The van der Waals surface area contributed by atoms with E-state index in [1.165, 1.54) is 16.3 Å². The van der Waals surface area contributed by atoms with Crippen LogP contribution in [0.15, 0.2) is 60.8 Å². The van der Waals surface area contributed by atoms with Crippen LogP contribution in [0.3, 0.4) is 0 Å². The number of aromatic nitrogens is 1. The molecule has 2 saturated heterocycles. The van der Waals surface area contributed by atoms with Crippen LogP contribution in [0, 0.1) is 0 Å². The van der Waals surface area contributed by atoms with Crippen LogP contribution >= 0.6 is 0 Å². The van der Waals surface area contributed by atoms with Crippen molar-refractivity contribution in [3.63, 3.8) is 0 Å². The molecule has 31 heavy (non-hydrogen) atoms. The highest BCUT2D eigenvalue weighted by atomic mass is 16.5. The van der Waals surface area contributed by atoms with Gasteiger partial charge in [0.2, 0.25) is 0 Å². The van der Waals surface area contributed by atoms with Gasteiger partial charge in [-0.05, 0) is 28.5 Å². The molecule has 6 nitrogen and oxygen atoms in total. The average molecular weight is 417 g/mol. The fraction of sp³-hybridized carbons (Fsp3) is 0.360. The molecule has 1 amide bonds. The van der Waals surface area contributed by atoms with Gasteiger partial charge in [-0.3, -0.25) is 9.69 Å². The number of fused-ring (bicyclic) bond motifs is 1. The van der Waals surface area contributed by atoms with Crippen molar-refractivity contribution in [3.8, 4) is 0 Å². The summed E-state index contributed by atoms with van der Waals surface area (Å²) in [7, 11) is 0. The van der Waals surface area contributed by atoms with Gasteiger partial charge in [-0.2, -0.15) is 0 Å². The number of morpholine rings is 1. The van der Waals surface area contributed by atoms with Gasteiger partial charge < -0.3 is 14.5 Å². The highest BCUT2D eigenvalue weighted by molar-refractivity contribution is 5.99. The van der Waals surface area contributed by atoms with Crippen LogP contribution < -0.4 is 4.90 Å².